The molecule has 0 bridgehead atoms. The minimum absolute atomic E-state index is 0.331. The molecule has 0 aliphatic heterocycles. The Balaban J connectivity index is 1.60. The highest BCUT2D eigenvalue weighted by Crippen LogP contribution is 2.33. The number of para-hydroxylation sites is 1. The fourth-order valence-electron chi connectivity index (χ4n) is 4.11. The van der Waals surface area contributed by atoms with Crippen LogP contribution in [-0.4, -0.2) is 80.8 Å². The lowest BCUT2D eigenvalue weighted by Crippen LogP contribution is -2.20. The van der Waals surface area contributed by atoms with E-state index >= 15 is 0 Å². The molecule has 7 heteroatoms. The number of benzene rings is 3. The van der Waals surface area contributed by atoms with Crippen LogP contribution >= 0.6 is 0 Å². The van der Waals surface area contributed by atoms with Gasteiger partial charge in [-0.3, -0.25) is 0 Å². The summed E-state index contributed by atoms with van der Waals surface area (Å²) in [6, 6.07) is 29.2. The first-order valence-corrected chi connectivity index (χ1v) is 13.0. The molecule has 0 fully saturated rings. The van der Waals surface area contributed by atoms with Crippen molar-refractivity contribution in [1.82, 2.24) is 14.4 Å². The highest BCUT2D eigenvalue weighted by atomic mass is 16.5. The van der Waals surface area contributed by atoms with E-state index in [0.29, 0.717) is 37.4 Å². The van der Waals surface area contributed by atoms with Crippen LogP contribution in [0.2, 0.25) is 0 Å². The van der Waals surface area contributed by atoms with Gasteiger partial charge in [0.25, 0.3) is 0 Å². The molecule has 0 aliphatic carbocycles. The fraction of sp³-hybridized carbons (Fsp3) is 0.250. The molecule has 0 atom stereocenters. The van der Waals surface area contributed by atoms with E-state index in [2.05, 4.69) is 28.8 Å². The summed E-state index contributed by atoms with van der Waals surface area (Å²) >= 11 is 0. The van der Waals surface area contributed by atoms with Crippen LogP contribution in [0.4, 0.5) is 0 Å². The van der Waals surface area contributed by atoms with Gasteiger partial charge in [0.1, 0.15) is 13.2 Å². The Labute approximate surface area is 230 Å². The molecule has 202 valence electrons. The van der Waals surface area contributed by atoms with Crippen molar-refractivity contribution in [3.63, 3.8) is 0 Å². The first kappa shape index (κ1) is 27.8. The second-order valence-electron chi connectivity index (χ2n) is 9.81. The number of carbonyl (C=O) groups is 2. The van der Waals surface area contributed by atoms with Gasteiger partial charge < -0.3 is 23.8 Å². The van der Waals surface area contributed by atoms with Crippen LogP contribution in [0.15, 0.2) is 91.0 Å². The Bertz CT molecular complexity index is 1290. The molecule has 7 nitrogen and oxygen atoms in total. The van der Waals surface area contributed by atoms with Crippen LogP contribution < -0.4 is 0 Å². The minimum Gasteiger partial charge on any atom is -0.461 e. The number of aromatic nitrogens is 1. The van der Waals surface area contributed by atoms with Gasteiger partial charge >= 0.3 is 11.9 Å². The summed E-state index contributed by atoms with van der Waals surface area (Å²) in [5.41, 5.74) is 5.94. The number of hydrogen-bond donors (Lipinski definition) is 0. The summed E-state index contributed by atoms with van der Waals surface area (Å²) in [5.74, 6) is -0.661. The molecule has 39 heavy (non-hydrogen) atoms. The maximum Gasteiger partial charge on any atom is 0.338 e. The maximum absolute atomic E-state index is 12.4. The Kier molecular flexibility index (Phi) is 9.31. The highest BCUT2D eigenvalue weighted by Gasteiger charge is 2.16. The number of esters is 2. The van der Waals surface area contributed by atoms with E-state index in [0.717, 1.165) is 28.2 Å². The third kappa shape index (κ3) is 7.22. The number of likely N-dealkylation sites (N-methyl/N-ethyl adjacent to an activating group) is 2. The number of carbonyl (C=O) groups excluding carboxylic acids is 2. The molecular formula is C32H35N3O4. The van der Waals surface area contributed by atoms with Crippen molar-refractivity contribution in [1.29, 1.82) is 0 Å². The van der Waals surface area contributed by atoms with E-state index < -0.39 is 0 Å². The molecule has 4 rings (SSSR count). The second-order valence-corrected chi connectivity index (χ2v) is 9.81. The van der Waals surface area contributed by atoms with Crippen LogP contribution in [-0.2, 0) is 9.47 Å². The number of nitrogens with zero attached hydrogens (tertiary/aromatic N) is 3. The Morgan fingerprint density at radius 2 is 1.00 bits per heavy atom. The van der Waals surface area contributed by atoms with Crippen molar-refractivity contribution >= 4 is 11.9 Å². The average Bonchev–Trinajstić information content (AvgIpc) is 3.38. The van der Waals surface area contributed by atoms with Crippen molar-refractivity contribution < 1.29 is 19.1 Å². The SMILES string of the molecule is CN(C)CCOC(=O)c1ccc(-c2ccc(-c3ccc(C(=O)OCCN(C)C)cc3)n2-c2ccccc2)cc1. The van der Waals surface area contributed by atoms with Gasteiger partial charge in [0.2, 0.25) is 0 Å². The minimum atomic E-state index is -0.331. The van der Waals surface area contributed by atoms with Gasteiger partial charge in [-0.25, -0.2) is 9.59 Å². The molecule has 0 amide bonds. The van der Waals surface area contributed by atoms with Gasteiger partial charge in [0.05, 0.1) is 22.5 Å². The molecule has 0 unspecified atom stereocenters. The molecule has 0 radical (unpaired) electrons. The molecule has 1 aromatic heterocycles. The number of hydrogen-bond acceptors (Lipinski definition) is 6. The lowest BCUT2D eigenvalue weighted by Gasteiger charge is -2.15. The lowest BCUT2D eigenvalue weighted by atomic mass is 10.1. The van der Waals surface area contributed by atoms with E-state index in [1.807, 2.05) is 80.5 Å². The third-order valence-electron chi connectivity index (χ3n) is 6.27. The smallest absolute Gasteiger partial charge is 0.338 e. The maximum atomic E-state index is 12.4. The summed E-state index contributed by atoms with van der Waals surface area (Å²) in [6.07, 6.45) is 0. The van der Waals surface area contributed by atoms with Crippen molar-refractivity contribution in [3.05, 3.63) is 102 Å². The molecular weight excluding hydrogens is 490 g/mol. The van der Waals surface area contributed by atoms with E-state index in [4.69, 9.17) is 9.47 Å². The van der Waals surface area contributed by atoms with Crippen LogP contribution in [0, 0.1) is 0 Å². The van der Waals surface area contributed by atoms with E-state index in [-0.39, 0.29) is 11.9 Å². The molecule has 0 N–H and O–H groups in total. The van der Waals surface area contributed by atoms with Crippen molar-refractivity contribution in [2.24, 2.45) is 0 Å². The number of ether oxygens (including phenoxy) is 2. The lowest BCUT2D eigenvalue weighted by molar-refractivity contribution is 0.0472. The van der Waals surface area contributed by atoms with Crippen molar-refractivity contribution in [2.45, 2.75) is 0 Å². The van der Waals surface area contributed by atoms with E-state index in [1.54, 1.807) is 24.3 Å². The molecule has 0 saturated carbocycles. The zero-order valence-electron chi connectivity index (χ0n) is 23.0. The zero-order valence-corrected chi connectivity index (χ0v) is 23.0. The highest BCUT2D eigenvalue weighted by molar-refractivity contribution is 5.91. The normalized spacial score (nSPS) is 11.1. The van der Waals surface area contributed by atoms with Gasteiger partial charge in [-0.1, -0.05) is 42.5 Å². The fourth-order valence-corrected chi connectivity index (χ4v) is 4.11. The first-order chi connectivity index (χ1) is 18.8. The monoisotopic (exact) mass is 525 g/mol. The molecule has 0 aliphatic rings. The predicted octanol–water partition coefficient (Wildman–Crippen LogP) is 5.25. The summed E-state index contributed by atoms with van der Waals surface area (Å²) in [4.78, 5) is 28.8. The van der Waals surface area contributed by atoms with Gasteiger partial charge in [-0.15, -0.1) is 0 Å². The second kappa shape index (κ2) is 13.0. The van der Waals surface area contributed by atoms with E-state index in [1.165, 1.54) is 0 Å². The quantitative estimate of drug-likeness (QED) is 0.249. The summed E-state index contributed by atoms with van der Waals surface area (Å²) in [6.45, 7) is 2.05. The van der Waals surface area contributed by atoms with Crippen LogP contribution in [0.1, 0.15) is 20.7 Å². The Morgan fingerprint density at radius 3 is 1.38 bits per heavy atom. The molecule has 0 spiro atoms. The zero-order chi connectivity index (χ0) is 27.8. The van der Waals surface area contributed by atoms with Gasteiger partial charge in [-0.05, 0) is 87.8 Å². The van der Waals surface area contributed by atoms with Crippen LogP contribution in [0.3, 0.4) is 0 Å². The standard InChI is InChI=1S/C32H35N3O4/c1-33(2)20-22-38-31(36)26-14-10-24(11-15-26)29-18-19-30(35(29)28-8-6-5-7-9-28)25-12-16-27(17-13-25)32(37)39-23-21-34(3)4/h5-19H,20-23H2,1-4H3. The predicted molar refractivity (Wildman–Crippen MR) is 154 cm³/mol. The summed E-state index contributed by atoms with van der Waals surface area (Å²) in [7, 11) is 7.76. The van der Waals surface area contributed by atoms with Gasteiger partial charge in [0.15, 0.2) is 0 Å². The van der Waals surface area contributed by atoms with Gasteiger partial charge in [-0.2, -0.15) is 0 Å². The average molecular weight is 526 g/mol. The molecule has 3 aromatic carbocycles. The molecule has 4 aromatic rings. The summed E-state index contributed by atoms with van der Waals surface area (Å²) < 4.78 is 12.9. The van der Waals surface area contributed by atoms with Crippen molar-refractivity contribution in [2.75, 3.05) is 54.5 Å². The number of rotatable bonds is 11. The van der Waals surface area contributed by atoms with E-state index in [9.17, 15) is 9.59 Å². The van der Waals surface area contributed by atoms with Gasteiger partial charge in [0, 0.05) is 18.8 Å². The van der Waals surface area contributed by atoms with Crippen LogP contribution in [0.25, 0.3) is 28.2 Å². The van der Waals surface area contributed by atoms with Crippen molar-refractivity contribution in [3.8, 4) is 28.2 Å². The Morgan fingerprint density at radius 1 is 0.590 bits per heavy atom. The molecule has 0 saturated heterocycles. The van der Waals surface area contributed by atoms with Crippen LogP contribution in [0.5, 0.6) is 0 Å². The summed E-state index contributed by atoms with van der Waals surface area (Å²) in [5, 5.41) is 0. The first-order valence-electron chi connectivity index (χ1n) is 13.0. The largest absolute Gasteiger partial charge is 0.461 e. The molecule has 1 heterocycles. The Hall–Kier alpha value is -4.20. The topological polar surface area (TPSA) is 64.0 Å². The third-order valence-corrected chi connectivity index (χ3v) is 6.27.